The van der Waals surface area contributed by atoms with Gasteiger partial charge in [0.15, 0.2) is 6.10 Å². The lowest BCUT2D eigenvalue weighted by Gasteiger charge is -2.12. The summed E-state index contributed by atoms with van der Waals surface area (Å²) in [7, 11) is 1.53. The summed E-state index contributed by atoms with van der Waals surface area (Å²) < 4.78 is 10.2. The van der Waals surface area contributed by atoms with Crippen LogP contribution >= 0.6 is 0 Å². The van der Waals surface area contributed by atoms with E-state index in [1.807, 2.05) is 30.3 Å². The number of methoxy groups -OCH3 is 1. The van der Waals surface area contributed by atoms with E-state index < -0.39 is 0 Å². The second-order valence-electron chi connectivity index (χ2n) is 2.98. The molecule has 0 aromatic heterocycles. The molecule has 0 saturated carbocycles. The standard InChI is InChI=1S/C11H10O3/c1-13-9-7-10(12)14-11(9)8-5-3-2-4-6-8/h2-7,11H,1H3. The molecule has 0 saturated heterocycles. The summed E-state index contributed by atoms with van der Waals surface area (Å²) in [5.74, 6) is 0.205. The summed E-state index contributed by atoms with van der Waals surface area (Å²) in [6, 6.07) is 9.51. The Morgan fingerprint density at radius 3 is 2.64 bits per heavy atom. The summed E-state index contributed by atoms with van der Waals surface area (Å²) in [6.45, 7) is 0. The number of carbonyl (C=O) groups excluding carboxylic acids is 1. The minimum Gasteiger partial charge on any atom is -0.496 e. The fourth-order valence-corrected chi connectivity index (χ4v) is 1.43. The third kappa shape index (κ3) is 1.48. The predicted octanol–water partition coefficient (Wildman–Crippen LogP) is 1.81. The van der Waals surface area contributed by atoms with Crippen molar-refractivity contribution in [3.63, 3.8) is 0 Å². The van der Waals surface area contributed by atoms with Gasteiger partial charge in [-0.1, -0.05) is 30.3 Å². The van der Waals surface area contributed by atoms with Crippen molar-refractivity contribution < 1.29 is 14.3 Å². The monoisotopic (exact) mass is 190 g/mol. The van der Waals surface area contributed by atoms with E-state index in [0.717, 1.165) is 5.56 Å². The summed E-state index contributed by atoms with van der Waals surface area (Å²) in [4.78, 5) is 11.0. The zero-order valence-electron chi connectivity index (χ0n) is 7.77. The van der Waals surface area contributed by atoms with Crippen molar-refractivity contribution in [3.8, 4) is 0 Å². The van der Waals surface area contributed by atoms with Gasteiger partial charge in [-0.25, -0.2) is 4.79 Å². The maximum absolute atomic E-state index is 11.0. The van der Waals surface area contributed by atoms with Crippen LogP contribution in [0.2, 0.25) is 0 Å². The van der Waals surface area contributed by atoms with Crippen molar-refractivity contribution in [1.29, 1.82) is 0 Å². The van der Waals surface area contributed by atoms with Gasteiger partial charge in [0.05, 0.1) is 13.2 Å². The molecule has 2 rings (SSSR count). The maximum atomic E-state index is 11.0. The second kappa shape index (κ2) is 3.54. The van der Waals surface area contributed by atoms with Crippen LogP contribution in [0, 0.1) is 0 Å². The largest absolute Gasteiger partial charge is 0.496 e. The van der Waals surface area contributed by atoms with E-state index in [9.17, 15) is 4.79 Å². The second-order valence-corrected chi connectivity index (χ2v) is 2.98. The number of hydrogen-bond donors (Lipinski definition) is 0. The van der Waals surface area contributed by atoms with Crippen LogP contribution in [0.3, 0.4) is 0 Å². The smallest absolute Gasteiger partial charge is 0.335 e. The topological polar surface area (TPSA) is 35.5 Å². The minimum atomic E-state index is -0.381. The first-order valence-corrected chi connectivity index (χ1v) is 4.32. The Morgan fingerprint density at radius 2 is 2.00 bits per heavy atom. The van der Waals surface area contributed by atoms with Crippen LogP contribution in [0.1, 0.15) is 11.7 Å². The minimum absolute atomic E-state index is 0.351. The van der Waals surface area contributed by atoms with E-state index >= 15 is 0 Å². The lowest BCUT2D eigenvalue weighted by molar-refractivity contribution is -0.139. The van der Waals surface area contributed by atoms with Gasteiger partial charge in [-0.15, -0.1) is 0 Å². The highest BCUT2D eigenvalue weighted by molar-refractivity contribution is 5.85. The fourth-order valence-electron chi connectivity index (χ4n) is 1.43. The number of benzene rings is 1. The molecule has 0 amide bonds. The number of cyclic esters (lactones) is 1. The van der Waals surface area contributed by atoms with E-state index in [0.29, 0.717) is 5.76 Å². The molecule has 1 unspecified atom stereocenters. The lowest BCUT2D eigenvalue weighted by atomic mass is 10.1. The molecule has 1 aromatic carbocycles. The fraction of sp³-hybridized carbons (Fsp3) is 0.182. The molecule has 3 heteroatoms. The first kappa shape index (κ1) is 8.81. The molecule has 14 heavy (non-hydrogen) atoms. The van der Waals surface area contributed by atoms with Gasteiger partial charge in [0.1, 0.15) is 5.76 Å². The average molecular weight is 190 g/mol. The normalized spacial score (nSPS) is 20.2. The van der Waals surface area contributed by atoms with Gasteiger partial charge in [0, 0.05) is 5.56 Å². The Labute approximate surface area is 81.9 Å². The third-order valence-electron chi connectivity index (χ3n) is 2.09. The van der Waals surface area contributed by atoms with Crippen LogP contribution in [0.5, 0.6) is 0 Å². The van der Waals surface area contributed by atoms with E-state index in [4.69, 9.17) is 9.47 Å². The SMILES string of the molecule is COC1=CC(=O)OC1c1ccccc1. The Bertz CT molecular complexity index is 367. The van der Waals surface area contributed by atoms with Crippen molar-refractivity contribution in [1.82, 2.24) is 0 Å². The number of carbonyl (C=O) groups is 1. The summed E-state index contributed by atoms with van der Waals surface area (Å²) in [6.07, 6.45) is 0.992. The Balaban J connectivity index is 2.29. The molecule has 1 aromatic rings. The molecular weight excluding hydrogens is 180 g/mol. The zero-order valence-corrected chi connectivity index (χ0v) is 7.77. The highest BCUT2D eigenvalue weighted by atomic mass is 16.6. The molecule has 1 aliphatic heterocycles. The number of rotatable bonds is 2. The van der Waals surface area contributed by atoms with Crippen LogP contribution < -0.4 is 0 Å². The van der Waals surface area contributed by atoms with Crippen LogP contribution in [0.4, 0.5) is 0 Å². The highest BCUT2D eigenvalue weighted by Gasteiger charge is 2.28. The number of ether oxygens (including phenoxy) is 2. The molecule has 1 aliphatic rings. The van der Waals surface area contributed by atoms with Crippen LogP contribution in [-0.2, 0) is 14.3 Å². The highest BCUT2D eigenvalue weighted by Crippen LogP contribution is 2.30. The molecule has 3 nitrogen and oxygen atoms in total. The van der Waals surface area contributed by atoms with Crippen molar-refractivity contribution >= 4 is 5.97 Å². The molecule has 0 N–H and O–H groups in total. The van der Waals surface area contributed by atoms with Crippen LogP contribution in [0.25, 0.3) is 0 Å². The number of hydrogen-bond acceptors (Lipinski definition) is 3. The number of esters is 1. The Hall–Kier alpha value is -1.77. The summed E-state index contributed by atoms with van der Waals surface area (Å²) >= 11 is 0. The Morgan fingerprint density at radius 1 is 1.29 bits per heavy atom. The summed E-state index contributed by atoms with van der Waals surface area (Å²) in [5, 5.41) is 0. The van der Waals surface area contributed by atoms with E-state index in [1.165, 1.54) is 13.2 Å². The van der Waals surface area contributed by atoms with Gasteiger partial charge < -0.3 is 9.47 Å². The molecule has 0 spiro atoms. The van der Waals surface area contributed by atoms with E-state index in [-0.39, 0.29) is 12.1 Å². The first-order valence-electron chi connectivity index (χ1n) is 4.32. The van der Waals surface area contributed by atoms with Crippen molar-refractivity contribution in [2.75, 3.05) is 7.11 Å². The maximum Gasteiger partial charge on any atom is 0.335 e. The van der Waals surface area contributed by atoms with Crippen LogP contribution in [-0.4, -0.2) is 13.1 Å². The molecule has 0 bridgehead atoms. The van der Waals surface area contributed by atoms with Gasteiger partial charge in [-0.3, -0.25) is 0 Å². The van der Waals surface area contributed by atoms with Gasteiger partial charge in [0.2, 0.25) is 0 Å². The Kier molecular flexibility index (Phi) is 2.23. The van der Waals surface area contributed by atoms with Gasteiger partial charge in [-0.05, 0) is 0 Å². The van der Waals surface area contributed by atoms with Crippen molar-refractivity contribution in [2.45, 2.75) is 6.10 Å². The first-order chi connectivity index (χ1) is 6.81. The molecule has 0 aliphatic carbocycles. The quantitative estimate of drug-likeness (QED) is 0.667. The summed E-state index contributed by atoms with van der Waals surface area (Å²) in [5.41, 5.74) is 0.923. The molecule has 0 fully saturated rings. The zero-order chi connectivity index (χ0) is 9.97. The van der Waals surface area contributed by atoms with Gasteiger partial charge in [-0.2, -0.15) is 0 Å². The van der Waals surface area contributed by atoms with E-state index in [2.05, 4.69) is 0 Å². The van der Waals surface area contributed by atoms with E-state index in [1.54, 1.807) is 0 Å². The molecule has 1 atom stereocenters. The van der Waals surface area contributed by atoms with Gasteiger partial charge in [0.25, 0.3) is 0 Å². The predicted molar refractivity (Wildman–Crippen MR) is 50.4 cm³/mol. The lowest BCUT2D eigenvalue weighted by Crippen LogP contribution is -2.03. The molecule has 1 heterocycles. The third-order valence-corrected chi connectivity index (χ3v) is 2.09. The molecular formula is C11H10O3. The van der Waals surface area contributed by atoms with Crippen molar-refractivity contribution in [3.05, 3.63) is 47.7 Å². The molecule has 0 radical (unpaired) electrons. The molecule has 72 valence electrons. The average Bonchev–Trinajstić information content (AvgIpc) is 2.61. The van der Waals surface area contributed by atoms with Crippen molar-refractivity contribution in [2.24, 2.45) is 0 Å². The van der Waals surface area contributed by atoms with Crippen LogP contribution in [0.15, 0.2) is 42.2 Å². The van der Waals surface area contributed by atoms with Gasteiger partial charge >= 0.3 is 5.97 Å².